The number of carbonyl (C=O) groups is 3. The highest BCUT2D eigenvalue weighted by Crippen LogP contribution is 2.57. The van der Waals surface area contributed by atoms with E-state index in [-0.39, 0.29) is 51.1 Å². The fraction of sp³-hybridized carbons (Fsp3) is 0.0870. The van der Waals surface area contributed by atoms with Crippen LogP contribution in [0.3, 0.4) is 0 Å². The molecule has 12 nitrogen and oxygen atoms in total. The molecule has 0 saturated heterocycles. The number of carbonyl (C=O) groups excluding carboxylic acids is 3. The maximum atomic E-state index is 13.0. The molecule has 1 spiro atoms. The van der Waals surface area contributed by atoms with Gasteiger partial charge in [-0.25, -0.2) is 9.36 Å². The molecule has 0 aromatic heterocycles. The normalized spacial score (nSPS) is 14.6. The van der Waals surface area contributed by atoms with Crippen LogP contribution in [0, 0.1) is 0 Å². The number of benzene rings is 3. The van der Waals surface area contributed by atoms with Gasteiger partial charge in [0.05, 0.1) is 11.3 Å². The Hall–Kier alpha value is -4.03. The fourth-order valence-corrected chi connectivity index (χ4v) is 5.43. The molecule has 3 aromatic rings. The Morgan fingerprint density at radius 2 is 1.51 bits per heavy atom. The number of hydrogen-bond donors (Lipinski definition) is 6. The second kappa shape index (κ2) is 8.82. The number of rotatable bonds is 4. The van der Waals surface area contributed by atoms with Gasteiger partial charge in [0.15, 0.2) is 5.60 Å². The first-order valence-electron chi connectivity index (χ1n) is 10.5. The van der Waals surface area contributed by atoms with Crippen LogP contribution in [0.4, 0.5) is 0 Å². The van der Waals surface area contributed by atoms with Crippen LogP contribution in [0.15, 0.2) is 54.6 Å². The zero-order valence-electron chi connectivity index (χ0n) is 18.5. The number of ether oxygens (including phenoxy) is 2. The molecule has 0 bridgehead atoms. The first-order chi connectivity index (χ1) is 17.5. The van der Waals surface area contributed by atoms with E-state index in [0.717, 1.165) is 0 Å². The highest BCUT2D eigenvalue weighted by atomic mass is 32.7. The molecule has 2 aliphatic heterocycles. The van der Waals surface area contributed by atoms with Crippen LogP contribution < -0.4 is 15.6 Å². The summed E-state index contributed by atoms with van der Waals surface area (Å²) < 4.78 is 22.7. The van der Waals surface area contributed by atoms with Gasteiger partial charge in [-0.3, -0.25) is 20.4 Å². The molecule has 0 aliphatic carbocycles. The maximum Gasteiger partial charge on any atom is 0.384 e. The standard InChI is InChI=1S/C23H17N2O10PS/c26-12-2-5-15-18(8-12)34-19-9-13(27)3-6-16(19)23(15)17-7-11(1-4-14(17)22(30)35-23)21(29)25-24-20(28)10-37-36(31,32)33/h1-9,26-27H,10H2,(H,24,28)(H,25,29)(H2,31,32,33). The van der Waals surface area contributed by atoms with E-state index in [1.807, 2.05) is 0 Å². The van der Waals surface area contributed by atoms with Crippen molar-refractivity contribution in [3.63, 3.8) is 0 Å². The van der Waals surface area contributed by atoms with Crippen molar-refractivity contribution in [2.75, 3.05) is 5.75 Å². The van der Waals surface area contributed by atoms with E-state index in [0.29, 0.717) is 11.1 Å². The predicted octanol–water partition coefficient (Wildman–Crippen LogP) is 2.25. The van der Waals surface area contributed by atoms with E-state index in [1.165, 1.54) is 54.6 Å². The molecule has 0 fully saturated rings. The van der Waals surface area contributed by atoms with Crippen LogP contribution >= 0.6 is 18.2 Å². The van der Waals surface area contributed by atoms with Crippen LogP contribution in [0.2, 0.25) is 0 Å². The number of hydrogen-bond acceptors (Lipinski definition) is 9. The van der Waals surface area contributed by atoms with Crippen molar-refractivity contribution in [3.05, 3.63) is 82.4 Å². The molecule has 5 rings (SSSR count). The molecule has 3 aromatic carbocycles. The Morgan fingerprint density at radius 3 is 2.11 bits per heavy atom. The van der Waals surface area contributed by atoms with Gasteiger partial charge in [-0.05, 0) is 53.8 Å². The summed E-state index contributed by atoms with van der Waals surface area (Å²) in [4.78, 5) is 55.3. The number of nitrogens with one attached hydrogen (secondary N) is 2. The van der Waals surface area contributed by atoms with Gasteiger partial charge >= 0.3 is 12.8 Å². The minimum absolute atomic E-state index is 0.0338. The average Bonchev–Trinajstić information content (AvgIpc) is 3.12. The second-order valence-corrected chi connectivity index (χ2v) is 11.8. The summed E-state index contributed by atoms with van der Waals surface area (Å²) in [6.45, 7) is -4.46. The summed E-state index contributed by atoms with van der Waals surface area (Å²) in [6.07, 6.45) is 0. The van der Waals surface area contributed by atoms with Gasteiger partial charge in [0.1, 0.15) is 23.0 Å². The Kier molecular flexibility index (Phi) is 5.88. The van der Waals surface area contributed by atoms with Crippen LogP contribution in [-0.4, -0.2) is 43.5 Å². The number of hydrazine groups is 1. The van der Waals surface area contributed by atoms with Gasteiger partial charge in [0.25, 0.3) is 5.91 Å². The lowest BCUT2D eigenvalue weighted by Crippen LogP contribution is -2.42. The Bertz CT molecular complexity index is 1480. The lowest BCUT2D eigenvalue weighted by atomic mass is 9.77. The second-order valence-electron chi connectivity index (χ2n) is 8.06. The summed E-state index contributed by atoms with van der Waals surface area (Å²) in [5.74, 6) is -2.75. The van der Waals surface area contributed by atoms with Crippen LogP contribution in [0.5, 0.6) is 23.0 Å². The van der Waals surface area contributed by atoms with Crippen molar-refractivity contribution in [3.8, 4) is 23.0 Å². The molecule has 0 radical (unpaired) electrons. The van der Waals surface area contributed by atoms with E-state index in [1.54, 1.807) is 0 Å². The van der Waals surface area contributed by atoms with Crippen LogP contribution in [0.1, 0.15) is 37.4 Å². The summed E-state index contributed by atoms with van der Waals surface area (Å²) in [5.41, 5.74) is 3.89. The molecule has 0 atom stereocenters. The highest BCUT2D eigenvalue weighted by molar-refractivity contribution is 8.54. The molecule has 14 heteroatoms. The van der Waals surface area contributed by atoms with E-state index < -0.39 is 35.9 Å². The maximum absolute atomic E-state index is 13.0. The first kappa shape index (κ1) is 24.7. The minimum atomic E-state index is -4.46. The monoisotopic (exact) mass is 544 g/mol. The zero-order chi connectivity index (χ0) is 26.5. The summed E-state index contributed by atoms with van der Waals surface area (Å²) in [6, 6.07) is 12.6. The number of esters is 1. The quantitative estimate of drug-likeness (QED) is 0.160. The minimum Gasteiger partial charge on any atom is -0.508 e. The molecular weight excluding hydrogens is 527 g/mol. The average molecular weight is 544 g/mol. The van der Waals surface area contributed by atoms with Crippen molar-refractivity contribution in [1.29, 1.82) is 0 Å². The van der Waals surface area contributed by atoms with Gasteiger partial charge in [0.2, 0.25) is 5.91 Å². The molecule has 2 aliphatic rings. The summed E-state index contributed by atoms with van der Waals surface area (Å²) in [5, 5.41) is 20.0. The summed E-state index contributed by atoms with van der Waals surface area (Å²) >= 11 is 0.111. The third kappa shape index (κ3) is 4.38. The SMILES string of the molecule is O=C(CSP(=O)(O)O)NNC(=O)c1ccc2c(c1)C1(OC2=O)c2ccc(O)cc2Oc2cc(O)ccc21. The van der Waals surface area contributed by atoms with Crippen molar-refractivity contribution >= 4 is 36.0 Å². The number of aromatic hydroxyl groups is 2. The molecule has 0 saturated carbocycles. The molecular formula is C23H17N2O10PS. The molecule has 6 N–H and O–H groups in total. The van der Waals surface area contributed by atoms with E-state index in [2.05, 4.69) is 10.9 Å². The van der Waals surface area contributed by atoms with Crippen LogP contribution in [0.25, 0.3) is 0 Å². The van der Waals surface area contributed by atoms with Crippen LogP contribution in [-0.2, 0) is 19.7 Å². The number of amides is 2. The fourth-order valence-electron chi connectivity index (χ4n) is 4.22. The van der Waals surface area contributed by atoms with Gasteiger partial charge in [-0.1, -0.05) is 0 Å². The largest absolute Gasteiger partial charge is 0.508 e. The highest BCUT2D eigenvalue weighted by Gasteiger charge is 2.53. The lowest BCUT2D eigenvalue weighted by molar-refractivity contribution is -0.119. The van der Waals surface area contributed by atoms with Crippen molar-refractivity contribution in [1.82, 2.24) is 10.9 Å². The third-order valence-corrected chi connectivity index (χ3v) is 7.84. The van der Waals surface area contributed by atoms with Crippen molar-refractivity contribution < 1.29 is 48.4 Å². The van der Waals surface area contributed by atoms with Gasteiger partial charge in [-0.15, -0.1) is 0 Å². The van der Waals surface area contributed by atoms with Gasteiger partial charge < -0.3 is 29.5 Å². The van der Waals surface area contributed by atoms with Gasteiger partial charge in [0, 0.05) is 34.4 Å². The van der Waals surface area contributed by atoms with E-state index in [9.17, 15) is 29.2 Å². The molecule has 2 heterocycles. The van der Waals surface area contributed by atoms with Gasteiger partial charge in [-0.2, -0.15) is 0 Å². The number of fused-ring (bicyclic) bond motifs is 6. The molecule has 37 heavy (non-hydrogen) atoms. The molecule has 0 unspecified atom stereocenters. The smallest absolute Gasteiger partial charge is 0.384 e. The molecule has 190 valence electrons. The third-order valence-electron chi connectivity index (χ3n) is 5.71. The Morgan fingerprint density at radius 1 is 0.892 bits per heavy atom. The predicted molar refractivity (Wildman–Crippen MR) is 128 cm³/mol. The Labute approximate surface area is 212 Å². The summed E-state index contributed by atoms with van der Waals surface area (Å²) in [7, 11) is 0. The first-order valence-corrected chi connectivity index (χ1v) is 13.7. The number of phenolic OH excluding ortho intramolecular Hbond substituents is 2. The Balaban J connectivity index is 1.54. The van der Waals surface area contributed by atoms with E-state index >= 15 is 0 Å². The van der Waals surface area contributed by atoms with E-state index in [4.69, 9.17) is 19.3 Å². The van der Waals surface area contributed by atoms with Crippen molar-refractivity contribution in [2.24, 2.45) is 0 Å². The zero-order valence-corrected chi connectivity index (χ0v) is 20.2. The van der Waals surface area contributed by atoms with Crippen molar-refractivity contribution in [2.45, 2.75) is 5.60 Å². The topological polar surface area (TPSA) is 192 Å². The molecule has 2 amide bonds. The number of phenols is 2. The lowest BCUT2D eigenvalue weighted by Gasteiger charge is -2.36.